The molecule has 3 N–H and O–H groups in total. The monoisotopic (exact) mass is 550 g/mol. The van der Waals surface area contributed by atoms with Crippen LogP contribution >= 0.6 is 0 Å². The van der Waals surface area contributed by atoms with Crippen molar-refractivity contribution < 1.29 is 20.1 Å². The van der Waals surface area contributed by atoms with Crippen LogP contribution in [-0.4, -0.2) is 49.3 Å². The van der Waals surface area contributed by atoms with Crippen molar-refractivity contribution >= 4 is 6.03 Å². The van der Waals surface area contributed by atoms with Crippen LogP contribution in [0.4, 0.5) is 4.79 Å². The lowest BCUT2D eigenvalue weighted by molar-refractivity contribution is 0.0661. The van der Waals surface area contributed by atoms with Gasteiger partial charge in [0.2, 0.25) is 0 Å². The highest BCUT2D eigenvalue weighted by Gasteiger charge is 2.41. The van der Waals surface area contributed by atoms with Crippen LogP contribution in [0.15, 0.2) is 109 Å². The molecule has 212 valence electrons. The highest BCUT2D eigenvalue weighted by molar-refractivity contribution is 5.76. The van der Waals surface area contributed by atoms with Gasteiger partial charge in [-0.05, 0) is 52.6 Å². The lowest BCUT2D eigenvalue weighted by Gasteiger charge is -2.36. The van der Waals surface area contributed by atoms with E-state index in [0.29, 0.717) is 32.4 Å². The standard InChI is InChI=1S/C35H38N2O4/c38-24-30-15-11-28(12-16-30)22-36-32(19-26-7-3-1-4-8-26)21-34(40)33(20-27-9-5-2-6-10-27)37(35(36)41)23-29-13-17-31(25-39)18-14-29/h1-18,32-34,38-40H,19-25H2/t32-,33-,34-/m1/s1. The van der Waals surface area contributed by atoms with E-state index < -0.39 is 12.1 Å². The molecule has 1 fully saturated rings. The number of rotatable bonds is 10. The number of carbonyl (C=O) groups excluding carboxylic acids is 1. The van der Waals surface area contributed by atoms with Crippen molar-refractivity contribution in [2.24, 2.45) is 0 Å². The zero-order valence-corrected chi connectivity index (χ0v) is 23.2. The molecule has 0 aromatic heterocycles. The first-order chi connectivity index (χ1) is 20.0. The first-order valence-corrected chi connectivity index (χ1v) is 14.2. The number of carbonyl (C=O) groups is 1. The smallest absolute Gasteiger partial charge is 0.321 e. The maximum absolute atomic E-state index is 14.6. The number of amides is 2. The van der Waals surface area contributed by atoms with E-state index in [1.54, 1.807) is 0 Å². The first-order valence-electron chi connectivity index (χ1n) is 14.2. The highest BCUT2D eigenvalue weighted by Crippen LogP contribution is 2.29. The second kappa shape index (κ2) is 13.6. The van der Waals surface area contributed by atoms with Crippen molar-refractivity contribution in [3.63, 3.8) is 0 Å². The van der Waals surface area contributed by atoms with Gasteiger partial charge in [0.1, 0.15) is 0 Å². The predicted octanol–water partition coefficient (Wildman–Crippen LogP) is 5.08. The number of hydrogen-bond acceptors (Lipinski definition) is 4. The topological polar surface area (TPSA) is 84.2 Å². The van der Waals surface area contributed by atoms with Crippen molar-refractivity contribution in [1.82, 2.24) is 9.80 Å². The molecule has 3 atom stereocenters. The Bertz CT molecular complexity index is 1380. The molecule has 6 nitrogen and oxygen atoms in total. The fraction of sp³-hybridized carbons (Fsp3) is 0.286. The molecule has 0 radical (unpaired) electrons. The normalized spacial score (nSPS) is 19.3. The third-order valence-electron chi connectivity index (χ3n) is 8.01. The van der Waals surface area contributed by atoms with Gasteiger partial charge in [-0.3, -0.25) is 0 Å². The summed E-state index contributed by atoms with van der Waals surface area (Å²) in [6.45, 7) is 0.669. The molecule has 5 rings (SSSR count). The van der Waals surface area contributed by atoms with E-state index in [-0.39, 0.29) is 25.3 Å². The summed E-state index contributed by atoms with van der Waals surface area (Å²) in [4.78, 5) is 18.4. The Morgan fingerprint density at radius 3 is 1.49 bits per heavy atom. The highest BCUT2D eigenvalue weighted by atomic mass is 16.3. The van der Waals surface area contributed by atoms with E-state index in [0.717, 1.165) is 33.4 Å². The van der Waals surface area contributed by atoms with E-state index in [1.807, 2.05) is 107 Å². The lowest BCUT2D eigenvalue weighted by Crippen LogP contribution is -2.50. The minimum Gasteiger partial charge on any atom is -0.392 e. The number of hydrogen-bond donors (Lipinski definition) is 3. The van der Waals surface area contributed by atoms with Crippen molar-refractivity contribution in [2.45, 2.75) is 63.8 Å². The van der Waals surface area contributed by atoms with Crippen molar-refractivity contribution in [1.29, 1.82) is 0 Å². The van der Waals surface area contributed by atoms with Gasteiger partial charge in [0, 0.05) is 19.1 Å². The van der Waals surface area contributed by atoms with Gasteiger partial charge in [-0.25, -0.2) is 4.79 Å². The summed E-state index contributed by atoms with van der Waals surface area (Å²) in [5, 5.41) is 30.8. The number of nitrogens with zero attached hydrogens (tertiary/aromatic N) is 2. The molecular formula is C35H38N2O4. The molecule has 1 aliphatic rings. The summed E-state index contributed by atoms with van der Waals surface area (Å²) in [5.41, 5.74) is 5.73. The molecule has 4 aromatic carbocycles. The van der Waals surface area contributed by atoms with E-state index in [9.17, 15) is 20.1 Å². The van der Waals surface area contributed by atoms with Crippen molar-refractivity contribution in [3.05, 3.63) is 143 Å². The number of benzene rings is 4. The van der Waals surface area contributed by atoms with Gasteiger partial charge in [0.15, 0.2) is 0 Å². The summed E-state index contributed by atoms with van der Waals surface area (Å²) in [5.74, 6) is 0. The summed E-state index contributed by atoms with van der Waals surface area (Å²) in [6, 6.07) is 34.7. The maximum atomic E-state index is 14.6. The molecule has 41 heavy (non-hydrogen) atoms. The Hall–Kier alpha value is -3.97. The number of aliphatic hydroxyl groups excluding tert-OH is 3. The second-order valence-electron chi connectivity index (χ2n) is 10.9. The van der Waals surface area contributed by atoms with Gasteiger partial charge in [-0.2, -0.15) is 0 Å². The van der Waals surface area contributed by atoms with Crippen LogP contribution in [0.2, 0.25) is 0 Å². The lowest BCUT2D eigenvalue weighted by atomic mass is 9.93. The van der Waals surface area contributed by atoms with Crippen LogP contribution in [-0.2, 0) is 39.1 Å². The third-order valence-corrected chi connectivity index (χ3v) is 8.01. The number of urea groups is 1. The molecule has 0 spiro atoms. The molecule has 6 heteroatoms. The maximum Gasteiger partial charge on any atom is 0.321 e. The fourth-order valence-electron chi connectivity index (χ4n) is 5.69. The van der Waals surface area contributed by atoms with Gasteiger partial charge in [0.05, 0.1) is 25.4 Å². The zero-order chi connectivity index (χ0) is 28.6. The molecule has 0 aliphatic carbocycles. The molecular weight excluding hydrogens is 512 g/mol. The van der Waals surface area contributed by atoms with Gasteiger partial charge in [-0.15, -0.1) is 0 Å². The van der Waals surface area contributed by atoms with Crippen LogP contribution < -0.4 is 0 Å². The Labute approximate surface area is 242 Å². The van der Waals surface area contributed by atoms with Crippen LogP contribution in [0.5, 0.6) is 0 Å². The summed E-state index contributed by atoms with van der Waals surface area (Å²) in [7, 11) is 0. The molecule has 2 amide bonds. The van der Waals surface area contributed by atoms with Crippen molar-refractivity contribution in [3.8, 4) is 0 Å². The van der Waals surface area contributed by atoms with Gasteiger partial charge >= 0.3 is 6.03 Å². The largest absolute Gasteiger partial charge is 0.392 e. The van der Waals surface area contributed by atoms with Gasteiger partial charge < -0.3 is 25.1 Å². The molecule has 1 aliphatic heterocycles. The average molecular weight is 551 g/mol. The summed E-state index contributed by atoms with van der Waals surface area (Å²) in [6.07, 6.45) is 0.897. The van der Waals surface area contributed by atoms with E-state index in [4.69, 9.17) is 0 Å². The molecule has 0 bridgehead atoms. The molecule has 1 saturated heterocycles. The number of aliphatic hydroxyl groups is 3. The minimum absolute atomic E-state index is 0.0320. The van der Waals surface area contributed by atoms with Gasteiger partial charge in [0.25, 0.3) is 0 Å². The fourth-order valence-corrected chi connectivity index (χ4v) is 5.69. The van der Waals surface area contributed by atoms with Crippen molar-refractivity contribution in [2.75, 3.05) is 0 Å². The Balaban J connectivity index is 1.53. The molecule has 0 saturated carbocycles. The average Bonchev–Trinajstić information content (AvgIpc) is 3.10. The van der Waals surface area contributed by atoms with E-state index >= 15 is 0 Å². The molecule has 4 aromatic rings. The first kappa shape index (κ1) is 28.6. The zero-order valence-electron chi connectivity index (χ0n) is 23.2. The SMILES string of the molecule is O=C1N(Cc2ccc(CO)cc2)[C@H](Cc2ccccc2)C[C@@H](O)[C@@H](Cc2ccccc2)N1Cc1ccc(CO)cc1. The Morgan fingerprint density at radius 1 is 0.561 bits per heavy atom. The molecule has 0 unspecified atom stereocenters. The Kier molecular flexibility index (Phi) is 9.47. The van der Waals surface area contributed by atoms with Crippen LogP contribution in [0.3, 0.4) is 0 Å². The van der Waals surface area contributed by atoms with Crippen LogP contribution in [0, 0.1) is 0 Å². The predicted molar refractivity (Wildman–Crippen MR) is 160 cm³/mol. The van der Waals surface area contributed by atoms with Crippen LogP contribution in [0.1, 0.15) is 39.8 Å². The summed E-state index contributed by atoms with van der Waals surface area (Å²) < 4.78 is 0. The Morgan fingerprint density at radius 2 is 1.00 bits per heavy atom. The second-order valence-corrected chi connectivity index (χ2v) is 10.9. The van der Waals surface area contributed by atoms with E-state index in [2.05, 4.69) is 12.1 Å². The molecule has 1 heterocycles. The third kappa shape index (κ3) is 7.22. The van der Waals surface area contributed by atoms with E-state index in [1.165, 1.54) is 0 Å². The minimum atomic E-state index is -0.730. The quantitative estimate of drug-likeness (QED) is 0.257. The van der Waals surface area contributed by atoms with Crippen LogP contribution in [0.25, 0.3) is 0 Å². The summed E-state index contributed by atoms with van der Waals surface area (Å²) >= 11 is 0. The van der Waals surface area contributed by atoms with Gasteiger partial charge in [-0.1, -0.05) is 109 Å².